The summed E-state index contributed by atoms with van der Waals surface area (Å²) in [5.41, 5.74) is -0.809. The molecule has 0 saturated carbocycles. The Balaban J connectivity index is 2.56. The summed E-state index contributed by atoms with van der Waals surface area (Å²) < 4.78 is 0. The molecule has 4 heteroatoms. The minimum Gasteiger partial charge on any atom is -0.480 e. The van der Waals surface area contributed by atoms with Gasteiger partial charge in [-0.3, -0.25) is 10.1 Å². The molecule has 1 rings (SSSR count). The second-order valence-electron chi connectivity index (χ2n) is 4.29. The van der Waals surface area contributed by atoms with Crippen molar-refractivity contribution in [2.24, 2.45) is 0 Å². The molecule has 0 aromatic rings. The number of carbonyl (C=O) groups is 1. The van der Waals surface area contributed by atoms with Gasteiger partial charge in [-0.2, -0.15) is 0 Å². The molecule has 1 aliphatic rings. The van der Waals surface area contributed by atoms with Crippen molar-refractivity contribution in [3.63, 3.8) is 0 Å². The van der Waals surface area contributed by atoms with Gasteiger partial charge < -0.3 is 10.0 Å². The molecule has 0 bridgehead atoms. The second-order valence-corrected chi connectivity index (χ2v) is 4.29. The number of piperidine rings is 1. The number of carboxylic acids is 1. The van der Waals surface area contributed by atoms with Crippen molar-refractivity contribution in [3.8, 4) is 12.3 Å². The fourth-order valence-corrected chi connectivity index (χ4v) is 2.16. The van der Waals surface area contributed by atoms with Crippen molar-refractivity contribution in [2.75, 3.05) is 26.2 Å². The number of rotatable bonds is 5. The first-order valence-corrected chi connectivity index (χ1v) is 5.79. The quantitative estimate of drug-likeness (QED) is 0.669. The molecule has 0 aliphatic carbocycles. The van der Waals surface area contributed by atoms with Gasteiger partial charge in [-0.25, -0.2) is 0 Å². The fourth-order valence-electron chi connectivity index (χ4n) is 2.16. The van der Waals surface area contributed by atoms with Crippen LogP contribution in [0.25, 0.3) is 0 Å². The molecule has 1 fully saturated rings. The van der Waals surface area contributed by atoms with E-state index in [1.54, 1.807) is 0 Å². The molecule has 0 radical (unpaired) electrons. The molecule has 0 aromatic carbocycles. The summed E-state index contributed by atoms with van der Waals surface area (Å²) >= 11 is 0. The predicted molar refractivity (Wildman–Crippen MR) is 63.2 cm³/mol. The molecular weight excluding hydrogens is 204 g/mol. The Labute approximate surface area is 97.0 Å². The number of carboxylic acid groups (broad SMARTS) is 1. The molecule has 16 heavy (non-hydrogen) atoms. The first kappa shape index (κ1) is 13.0. The summed E-state index contributed by atoms with van der Waals surface area (Å²) in [6.07, 6.45) is 7.53. The Morgan fingerprint density at radius 1 is 1.56 bits per heavy atom. The number of likely N-dealkylation sites (tertiary alicyclic amines) is 1. The number of terminal acetylenes is 1. The molecule has 2 N–H and O–H groups in total. The molecule has 1 saturated heterocycles. The molecule has 0 spiro atoms. The van der Waals surface area contributed by atoms with E-state index >= 15 is 0 Å². The van der Waals surface area contributed by atoms with Crippen molar-refractivity contribution < 1.29 is 9.90 Å². The Morgan fingerprint density at radius 2 is 2.19 bits per heavy atom. The zero-order valence-electron chi connectivity index (χ0n) is 9.83. The van der Waals surface area contributed by atoms with Gasteiger partial charge in [-0.15, -0.1) is 6.42 Å². The van der Waals surface area contributed by atoms with Crippen LogP contribution in [0.3, 0.4) is 0 Å². The van der Waals surface area contributed by atoms with Gasteiger partial charge in [0.2, 0.25) is 0 Å². The van der Waals surface area contributed by atoms with E-state index in [2.05, 4.69) is 23.1 Å². The van der Waals surface area contributed by atoms with Gasteiger partial charge >= 0.3 is 5.97 Å². The van der Waals surface area contributed by atoms with Gasteiger partial charge in [0.1, 0.15) is 5.54 Å². The van der Waals surface area contributed by atoms with Gasteiger partial charge in [-0.05, 0) is 25.8 Å². The van der Waals surface area contributed by atoms with E-state index in [1.807, 2.05) is 0 Å². The van der Waals surface area contributed by atoms with Crippen molar-refractivity contribution >= 4 is 5.97 Å². The lowest BCUT2D eigenvalue weighted by Crippen LogP contribution is -2.58. The van der Waals surface area contributed by atoms with Gasteiger partial charge in [0.25, 0.3) is 0 Å². The zero-order chi connectivity index (χ0) is 12.0. The fraction of sp³-hybridized carbons (Fsp3) is 0.750. The minimum atomic E-state index is -0.809. The lowest BCUT2D eigenvalue weighted by molar-refractivity contribution is -0.147. The molecule has 0 atom stereocenters. The highest BCUT2D eigenvalue weighted by molar-refractivity contribution is 5.79. The molecular formula is C12H20N2O2. The van der Waals surface area contributed by atoms with Crippen LogP contribution in [-0.4, -0.2) is 47.7 Å². The van der Waals surface area contributed by atoms with Crippen LogP contribution in [0, 0.1) is 12.3 Å². The van der Waals surface area contributed by atoms with Crippen LogP contribution >= 0.6 is 0 Å². The van der Waals surface area contributed by atoms with Gasteiger partial charge in [0.15, 0.2) is 0 Å². The van der Waals surface area contributed by atoms with Crippen LogP contribution < -0.4 is 5.32 Å². The van der Waals surface area contributed by atoms with E-state index < -0.39 is 11.5 Å². The Kier molecular flexibility index (Phi) is 4.78. The average molecular weight is 224 g/mol. The maximum absolute atomic E-state index is 11.3. The van der Waals surface area contributed by atoms with Crippen molar-refractivity contribution in [2.45, 2.75) is 31.7 Å². The summed E-state index contributed by atoms with van der Waals surface area (Å²) in [4.78, 5) is 13.6. The first-order valence-electron chi connectivity index (χ1n) is 5.79. The van der Waals surface area contributed by atoms with Crippen LogP contribution in [0.5, 0.6) is 0 Å². The smallest absolute Gasteiger partial charge is 0.324 e. The van der Waals surface area contributed by atoms with E-state index in [0.29, 0.717) is 19.4 Å². The number of nitrogens with one attached hydrogen (secondary N) is 1. The van der Waals surface area contributed by atoms with Crippen molar-refractivity contribution in [3.05, 3.63) is 0 Å². The van der Waals surface area contributed by atoms with Crippen LogP contribution in [0.4, 0.5) is 0 Å². The predicted octanol–water partition coefficient (Wildman–Crippen LogP) is 0.538. The maximum Gasteiger partial charge on any atom is 0.324 e. The molecule has 0 aromatic heterocycles. The largest absolute Gasteiger partial charge is 0.480 e. The van der Waals surface area contributed by atoms with E-state index in [0.717, 1.165) is 26.1 Å². The monoisotopic (exact) mass is 224 g/mol. The second kappa shape index (κ2) is 5.88. The maximum atomic E-state index is 11.3. The van der Waals surface area contributed by atoms with Gasteiger partial charge in [0.05, 0.1) is 6.54 Å². The zero-order valence-corrected chi connectivity index (χ0v) is 9.83. The number of aliphatic carboxylic acids is 1. The van der Waals surface area contributed by atoms with Gasteiger partial charge in [-0.1, -0.05) is 12.8 Å². The Morgan fingerprint density at radius 3 is 2.62 bits per heavy atom. The summed E-state index contributed by atoms with van der Waals surface area (Å²) in [7, 11) is 0. The number of nitrogens with zero attached hydrogens (tertiary/aromatic N) is 1. The normalized spacial score (nSPS) is 20.2. The molecule has 4 nitrogen and oxygen atoms in total. The number of hydrogen-bond donors (Lipinski definition) is 2. The first-order chi connectivity index (χ1) is 7.64. The molecule has 90 valence electrons. The highest BCUT2D eigenvalue weighted by Gasteiger charge is 2.40. The lowest BCUT2D eigenvalue weighted by atomic mass is 9.87. The van der Waals surface area contributed by atoms with E-state index in [4.69, 9.17) is 6.42 Å². The Bertz CT molecular complexity index is 275. The molecule has 1 heterocycles. The summed E-state index contributed by atoms with van der Waals surface area (Å²) in [6, 6.07) is 0. The third-order valence-electron chi connectivity index (χ3n) is 3.19. The van der Waals surface area contributed by atoms with E-state index in [1.165, 1.54) is 0 Å². The third-order valence-corrected chi connectivity index (χ3v) is 3.19. The highest BCUT2D eigenvalue weighted by atomic mass is 16.4. The molecule has 1 aliphatic heterocycles. The SMILES string of the molecule is C#CCNC1(C(=O)O)CCN(CCC)CC1. The van der Waals surface area contributed by atoms with Gasteiger partial charge in [0, 0.05) is 13.1 Å². The standard InChI is InChI=1S/C12H20N2O2/c1-3-7-13-12(11(15)16)5-9-14(8-4-2)10-6-12/h1,13H,4-10H2,2H3,(H,15,16). The summed E-state index contributed by atoms with van der Waals surface area (Å²) in [5, 5.41) is 12.3. The van der Waals surface area contributed by atoms with E-state index in [-0.39, 0.29) is 0 Å². The van der Waals surface area contributed by atoms with Crippen LogP contribution in [0.2, 0.25) is 0 Å². The molecule has 0 amide bonds. The van der Waals surface area contributed by atoms with Crippen LogP contribution in [0.1, 0.15) is 26.2 Å². The third kappa shape index (κ3) is 2.97. The average Bonchev–Trinajstić information content (AvgIpc) is 2.28. The topological polar surface area (TPSA) is 52.6 Å². The lowest BCUT2D eigenvalue weighted by Gasteiger charge is -2.39. The van der Waals surface area contributed by atoms with Crippen molar-refractivity contribution in [1.82, 2.24) is 10.2 Å². The minimum absolute atomic E-state index is 0.320. The van der Waals surface area contributed by atoms with Crippen LogP contribution in [0.15, 0.2) is 0 Å². The summed E-state index contributed by atoms with van der Waals surface area (Å²) in [6.45, 7) is 5.16. The molecule has 0 unspecified atom stereocenters. The summed E-state index contributed by atoms with van der Waals surface area (Å²) in [5.74, 6) is 1.66. The van der Waals surface area contributed by atoms with Crippen LogP contribution in [-0.2, 0) is 4.79 Å². The van der Waals surface area contributed by atoms with Crippen molar-refractivity contribution in [1.29, 1.82) is 0 Å². The number of hydrogen-bond acceptors (Lipinski definition) is 3. The Hall–Kier alpha value is -1.05. The van der Waals surface area contributed by atoms with E-state index in [9.17, 15) is 9.90 Å². The highest BCUT2D eigenvalue weighted by Crippen LogP contribution is 2.22.